The molecule has 2 heterocycles. The van der Waals surface area contributed by atoms with Crippen LogP contribution in [0.5, 0.6) is 0 Å². The van der Waals surface area contributed by atoms with Crippen LogP contribution in [0.3, 0.4) is 0 Å². The first-order valence-corrected chi connectivity index (χ1v) is 16.2. The molecule has 8 heteroatoms. The molecule has 2 aromatic rings. The first kappa shape index (κ1) is 33.5. The third kappa shape index (κ3) is 9.31. The second-order valence-corrected chi connectivity index (χ2v) is 14.5. The fourth-order valence-corrected chi connectivity index (χ4v) is 5.79. The zero-order valence-electron chi connectivity index (χ0n) is 27.9. The minimum absolute atomic E-state index is 0.0880. The van der Waals surface area contributed by atoms with E-state index >= 15 is 0 Å². The molecule has 0 saturated carbocycles. The van der Waals surface area contributed by atoms with Gasteiger partial charge in [-0.05, 0) is 93.8 Å². The van der Waals surface area contributed by atoms with Gasteiger partial charge in [0.15, 0.2) is 0 Å². The maximum Gasteiger partial charge on any atom is 0.410 e. The number of benzene rings is 2. The van der Waals surface area contributed by atoms with Crippen molar-refractivity contribution in [2.45, 2.75) is 86.3 Å². The number of ether oxygens (including phenoxy) is 1. The van der Waals surface area contributed by atoms with Crippen molar-refractivity contribution < 1.29 is 19.1 Å². The lowest BCUT2D eigenvalue weighted by Crippen LogP contribution is -2.49. The molecule has 0 radical (unpaired) electrons. The third-order valence-electron chi connectivity index (χ3n) is 8.46. The van der Waals surface area contributed by atoms with E-state index in [0.717, 1.165) is 67.9 Å². The van der Waals surface area contributed by atoms with E-state index < -0.39 is 5.60 Å². The SMILES string of the molecule is Cc1cc(C(=O)N2CCN(C(=O)OC(C)(C)C)Cc3ccccc32)ccc1CCCC(=O)N1CCN(CCC(C)(C)C)CC1. The Balaban J connectivity index is 1.32. The molecule has 0 aliphatic carbocycles. The summed E-state index contributed by atoms with van der Waals surface area (Å²) >= 11 is 0. The molecular weight excluding hydrogens is 552 g/mol. The van der Waals surface area contributed by atoms with Gasteiger partial charge in [-0.3, -0.25) is 14.5 Å². The normalized spacial score (nSPS) is 16.4. The van der Waals surface area contributed by atoms with E-state index in [0.29, 0.717) is 37.0 Å². The van der Waals surface area contributed by atoms with Crippen LogP contribution in [0.15, 0.2) is 42.5 Å². The molecule has 0 N–H and O–H groups in total. The minimum Gasteiger partial charge on any atom is -0.444 e. The lowest BCUT2D eigenvalue weighted by Gasteiger charge is -2.36. The third-order valence-corrected chi connectivity index (χ3v) is 8.46. The number of anilines is 1. The molecule has 0 spiro atoms. The fraction of sp³-hybridized carbons (Fsp3) is 0.583. The highest BCUT2D eigenvalue weighted by molar-refractivity contribution is 6.06. The van der Waals surface area contributed by atoms with Crippen LogP contribution in [0.25, 0.3) is 0 Å². The Labute approximate surface area is 264 Å². The maximum atomic E-state index is 13.8. The molecule has 0 unspecified atom stereocenters. The van der Waals surface area contributed by atoms with Gasteiger partial charge in [-0.25, -0.2) is 4.79 Å². The summed E-state index contributed by atoms with van der Waals surface area (Å²) in [6.07, 6.45) is 2.93. The Morgan fingerprint density at radius 3 is 2.18 bits per heavy atom. The lowest BCUT2D eigenvalue weighted by atomic mass is 9.92. The monoisotopic (exact) mass is 604 g/mol. The molecule has 44 heavy (non-hydrogen) atoms. The van der Waals surface area contributed by atoms with Gasteiger partial charge in [-0.2, -0.15) is 0 Å². The van der Waals surface area contributed by atoms with E-state index in [1.54, 1.807) is 9.80 Å². The first-order valence-electron chi connectivity index (χ1n) is 16.2. The summed E-state index contributed by atoms with van der Waals surface area (Å²) in [6.45, 7) is 20.2. The predicted octanol–water partition coefficient (Wildman–Crippen LogP) is 6.30. The van der Waals surface area contributed by atoms with Crippen LogP contribution in [0, 0.1) is 12.3 Å². The van der Waals surface area contributed by atoms with E-state index in [9.17, 15) is 14.4 Å². The number of piperazine rings is 1. The minimum atomic E-state index is -0.591. The van der Waals surface area contributed by atoms with Crippen LogP contribution in [-0.4, -0.2) is 84.0 Å². The Morgan fingerprint density at radius 2 is 1.52 bits per heavy atom. The van der Waals surface area contributed by atoms with Crippen LogP contribution in [0.2, 0.25) is 0 Å². The highest BCUT2D eigenvalue weighted by atomic mass is 16.6. The smallest absolute Gasteiger partial charge is 0.410 e. The number of hydrogen-bond donors (Lipinski definition) is 0. The number of carbonyl (C=O) groups is 3. The van der Waals surface area contributed by atoms with Crippen molar-refractivity contribution in [3.63, 3.8) is 0 Å². The second kappa shape index (κ2) is 14.1. The highest BCUT2D eigenvalue weighted by Gasteiger charge is 2.30. The molecular formula is C36H52N4O4. The van der Waals surface area contributed by atoms with E-state index in [-0.39, 0.29) is 17.9 Å². The van der Waals surface area contributed by atoms with Crippen molar-refractivity contribution >= 4 is 23.6 Å². The molecule has 4 rings (SSSR count). The average Bonchev–Trinajstić information content (AvgIpc) is 3.15. The summed E-state index contributed by atoms with van der Waals surface area (Å²) in [5.41, 5.74) is 4.30. The van der Waals surface area contributed by atoms with Crippen LogP contribution in [-0.2, 0) is 22.5 Å². The molecule has 3 amide bonds. The molecule has 0 atom stereocenters. The number of fused-ring (bicyclic) bond motifs is 1. The number of amides is 3. The predicted molar refractivity (Wildman–Crippen MR) is 176 cm³/mol. The zero-order valence-corrected chi connectivity index (χ0v) is 27.9. The summed E-state index contributed by atoms with van der Waals surface area (Å²) in [4.78, 5) is 47.5. The van der Waals surface area contributed by atoms with Crippen molar-refractivity contribution in [3.05, 3.63) is 64.7 Å². The van der Waals surface area contributed by atoms with Crippen molar-refractivity contribution in [2.24, 2.45) is 5.41 Å². The number of aryl methyl sites for hydroxylation is 2. The van der Waals surface area contributed by atoms with E-state index in [1.807, 2.05) is 75.1 Å². The van der Waals surface area contributed by atoms with Gasteiger partial charge in [0.1, 0.15) is 5.60 Å². The lowest BCUT2D eigenvalue weighted by molar-refractivity contribution is -0.133. The van der Waals surface area contributed by atoms with E-state index in [4.69, 9.17) is 4.74 Å². The summed E-state index contributed by atoms with van der Waals surface area (Å²) < 4.78 is 5.62. The molecule has 0 bridgehead atoms. The molecule has 1 fully saturated rings. The van der Waals surface area contributed by atoms with Crippen molar-refractivity contribution in [1.82, 2.24) is 14.7 Å². The highest BCUT2D eigenvalue weighted by Crippen LogP contribution is 2.28. The molecule has 2 aliphatic rings. The molecule has 8 nitrogen and oxygen atoms in total. The van der Waals surface area contributed by atoms with Gasteiger partial charge in [-0.1, -0.05) is 45.0 Å². The average molecular weight is 605 g/mol. The van der Waals surface area contributed by atoms with E-state index in [1.165, 1.54) is 6.42 Å². The molecule has 1 saturated heterocycles. The number of rotatable bonds is 7. The van der Waals surface area contributed by atoms with Crippen LogP contribution >= 0.6 is 0 Å². The van der Waals surface area contributed by atoms with Gasteiger partial charge in [0.05, 0.1) is 6.54 Å². The largest absolute Gasteiger partial charge is 0.444 e. The Bertz CT molecular complexity index is 1320. The van der Waals surface area contributed by atoms with Gasteiger partial charge in [0.25, 0.3) is 5.91 Å². The fourth-order valence-electron chi connectivity index (χ4n) is 5.79. The molecule has 0 aromatic heterocycles. The van der Waals surface area contributed by atoms with Gasteiger partial charge in [0, 0.05) is 56.9 Å². The van der Waals surface area contributed by atoms with Gasteiger partial charge < -0.3 is 19.4 Å². The zero-order chi connectivity index (χ0) is 32.1. The van der Waals surface area contributed by atoms with Gasteiger partial charge >= 0.3 is 6.09 Å². The number of nitrogens with zero attached hydrogens (tertiary/aromatic N) is 4. The Kier molecular flexibility index (Phi) is 10.8. The van der Waals surface area contributed by atoms with Crippen LogP contribution in [0.1, 0.15) is 87.9 Å². The Morgan fingerprint density at radius 1 is 0.841 bits per heavy atom. The standard InChI is InChI=1S/C36H52N4O4/c1-27-25-29(16-15-28(27)12-10-14-32(41)38-21-19-37(20-22-38)18-17-35(2,3)4)33(42)40-24-23-39(34(43)44-36(5,6)7)26-30-11-8-9-13-31(30)40/h8-9,11,13,15-16,25H,10,12,14,17-24,26H2,1-7H3. The first-order chi connectivity index (χ1) is 20.7. The summed E-state index contributed by atoms with van der Waals surface area (Å²) in [5.74, 6) is 0.153. The summed E-state index contributed by atoms with van der Waals surface area (Å²) in [6, 6.07) is 13.6. The molecule has 240 valence electrons. The molecule has 2 aliphatic heterocycles. The Hall–Kier alpha value is -3.39. The van der Waals surface area contributed by atoms with Crippen molar-refractivity contribution in [1.29, 1.82) is 0 Å². The second-order valence-electron chi connectivity index (χ2n) is 14.5. The van der Waals surface area contributed by atoms with Gasteiger partial charge in [-0.15, -0.1) is 0 Å². The number of carbonyl (C=O) groups excluding carboxylic acids is 3. The van der Waals surface area contributed by atoms with Crippen LogP contribution in [0.4, 0.5) is 10.5 Å². The van der Waals surface area contributed by atoms with E-state index in [2.05, 4.69) is 25.7 Å². The summed E-state index contributed by atoms with van der Waals surface area (Å²) in [7, 11) is 0. The number of hydrogen-bond acceptors (Lipinski definition) is 5. The summed E-state index contributed by atoms with van der Waals surface area (Å²) in [5, 5.41) is 0. The van der Waals surface area contributed by atoms with Crippen LogP contribution < -0.4 is 4.90 Å². The molecule has 2 aromatic carbocycles. The van der Waals surface area contributed by atoms with Crippen molar-refractivity contribution in [3.8, 4) is 0 Å². The maximum absolute atomic E-state index is 13.8. The van der Waals surface area contributed by atoms with Gasteiger partial charge in [0.2, 0.25) is 5.91 Å². The topological polar surface area (TPSA) is 73.4 Å². The number of para-hydroxylation sites is 1. The van der Waals surface area contributed by atoms with Crippen molar-refractivity contribution in [2.75, 3.05) is 50.7 Å². The quantitative estimate of drug-likeness (QED) is 0.371.